The molecule has 0 spiro atoms. The van der Waals surface area contributed by atoms with E-state index in [4.69, 9.17) is 4.74 Å². The van der Waals surface area contributed by atoms with Crippen molar-refractivity contribution in [2.75, 3.05) is 0 Å². The Hall–Kier alpha value is -0.840. The molecule has 1 aromatic rings. The normalized spacial score (nSPS) is 11.5. The van der Waals surface area contributed by atoms with Crippen molar-refractivity contribution in [2.45, 2.75) is 103 Å². The van der Waals surface area contributed by atoms with Gasteiger partial charge in [-0.25, -0.2) is 0 Å². The molecule has 0 bridgehead atoms. The van der Waals surface area contributed by atoms with Crippen LogP contribution in [0.2, 0.25) is 0 Å². The van der Waals surface area contributed by atoms with Crippen LogP contribution in [-0.4, -0.2) is 17.9 Å². The Labute approximate surface area is 199 Å². The summed E-state index contributed by atoms with van der Waals surface area (Å²) in [6.45, 7) is 4.35. The third-order valence-corrected chi connectivity index (χ3v) is 5.04. The summed E-state index contributed by atoms with van der Waals surface area (Å²) in [4.78, 5) is 23.6. The molecule has 0 radical (unpaired) electrons. The van der Waals surface area contributed by atoms with Gasteiger partial charge in [0.25, 0.3) is 0 Å². The summed E-state index contributed by atoms with van der Waals surface area (Å²) in [5, 5.41) is 11.3. The predicted octanol–water partition coefficient (Wildman–Crippen LogP) is 2.48. The van der Waals surface area contributed by atoms with Crippen LogP contribution < -0.4 is 39.4 Å². The monoisotopic (exact) mass is 412 g/mol. The summed E-state index contributed by atoms with van der Waals surface area (Å²) in [6.07, 6.45) is 12.3. The minimum atomic E-state index is -1.18. The Kier molecular flexibility index (Phi) is 17.5. The molecular weight excluding hydrogens is 375 g/mol. The van der Waals surface area contributed by atoms with Crippen molar-refractivity contribution in [3.63, 3.8) is 0 Å². The molecule has 4 nitrogen and oxygen atoms in total. The summed E-state index contributed by atoms with van der Waals surface area (Å²) in [5.41, 5.74) is 0.656. The summed E-state index contributed by atoms with van der Waals surface area (Å²) in [5.74, 6) is -0.577. The molecule has 1 aromatic carbocycles. The van der Waals surface area contributed by atoms with Crippen molar-refractivity contribution in [3.05, 3.63) is 29.8 Å². The fourth-order valence-electron chi connectivity index (χ4n) is 3.25. The van der Waals surface area contributed by atoms with Gasteiger partial charge in [-0.3, -0.25) is 4.79 Å². The van der Waals surface area contributed by atoms with E-state index in [-0.39, 0.29) is 35.3 Å². The molecule has 0 aliphatic rings. The van der Waals surface area contributed by atoms with Gasteiger partial charge in [-0.15, -0.1) is 0 Å². The Balaban J connectivity index is 0.00000784. The Morgan fingerprint density at radius 3 is 1.90 bits per heavy atom. The first-order valence-corrected chi connectivity index (χ1v) is 11.1. The van der Waals surface area contributed by atoms with E-state index in [1.165, 1.54) is 38.5 Å². The topological polar surface area (TPSA) is 66.4 Å². The Morgan fingerprint density at radius 2 is 1.34 bits per heavy atom. The number of hydrogen-bond acceptors (Lipinski definition) is 4. The number of rotatable bonds is 17. The second-order valence-corrected chi connectivity index (χ2v) is 7.59. The number of ketones is 1. The number of carboxylic acid groups (broad SMARTS) is 1. The fourth-order valence-corrected chi connectivity index (χ4v) is 3.25. The maximum Gasteiger partial charge on any atom is 1.00 e. The maximum atomic E-state index is 12.2. The van der Waals surface area contributed by atoms with Gasteiger partial charge in [-0.1, -0.05) is 71.6 Å². The van der Waals surface area contributed by atoms with Gasteiger partial charge in [0, 0.05) is 12.0 Å². The van der Waals surface area contributed by atoms with Gasteiger partial charge in [-0.05, 0) is 43.5 Å². The first-order valence-electron chi connectivity index (χ1n) is 11.1. The number of Topliss-reactive ketones (excluding diaryl/α,β-unsaturated/α-hetero) is 1. The number of benzene rings is 1. The van der Waals surface area contributed by atoms with Gasteiger partial charge in [0.2, 0.25) is 0 Å². The van der Waals surface area contributed by atoms with E-state index in [9.17, 15) is 14.7 Å². The second-order valence-electron chi connectivity index (χ2n) is 7.59. The molecule has 0 heterocycles. The number of unbranched alkanes of at least 4 members (excludes halogenated alkanes) is 9. The van der Waals surface area contributed by atoms with Gasteiger partial charge in [0.05, 0.1) is 5.97 Å². The molecule has 1 atom stereocenters. The van der Waals surface area contributed by atoms with E-state index in [1.807, 2.05) is 0 Å². The van der Waals surface area contributed by atoms with E-state index in [0.717, 1.165) is 32.1 Å². The zero-order chi connectivity index (χ0) is 20.6. The average molecular weight is 413 g/mol. The quantitative estimate of drug-likeness (QED) is 0.224. The summed E-state index contributed by atoms with van der Waals surface area (Å²) >= 11 is 0. The minimum absolute atomic E-state index is 0. The summed E-state index contributed by atoms with van der Waals surface area (Å²) in [7, 11) is 0. The molecule has 1 unspecified atom stereocenters. The van der Waals surface area contributed by atoms with Gasteiger partial charge in [0.1, 0.15) is 11.9 Å². The van der Waals surface area contributed by atoms with Crippen molar-refractivity contribution < 1.29 is 49.0 Å². The van der Waals surface area contributed by atoms with E-state index in [1.54, 1.807) is 24.3 Å². The first-order chi connectivity index (χ1) is 13.6. The third kappa shape index (κ3) is 13.1. The van der Waals surface area contributed by atoms with Crippen LogP contribution in [0.4, 0.5) is 0 Å². The molecule has 0 N–H and O–H groups in total. The van der Waals surface area contributed by atoms with Crippen molar-refractivity contribution in [2.24, 2.45) is 0 Å². The number of ether oxygens (including phenoxy) is 1. The molecular formula is C24H37NaO4. The van der Waals surface area contributed by atoms with E-state index in [0.29, 0.717) is 24.2 Å². The number of aliphatic carboxylic acids is 1. The van der Waals surface area contributed by atoms with E-state index >= 15 is 0 Å². The van der Waals surface area contributed by atoms with Gasteiger partial charge in [-0.2, -0.15) is 0 Å². The van der Waals surface area contributed by atoms with Crippen LogP contribution in [0, 0.1) is 0 Å². The molecule has 29 heavy (non-hydrogen) atoms. The summed E-state index contributed by atoms with van der Waals surface area (Å²) in [6, 6.07) is 6.81. The molecule has 1 rings (SSSR count). The third-order valence-electron chi connectivity index (χ3n) is 5.04. The van der Waals surface area contributed by atoms with Crippen LogP contribution in [-0.2, 0) is 4.79 Å². The van der Waals surface area contributed by atoms with Gasteiger partial charge < -0.3 is 14.6 Å². The Bertz CT molecular complexity index is 557. The zero-order valence-electron chi connectivity index (χ0n) is 18.7. The molecule has 0 aromatic heterocycles. The van der Waals surface area contributed by atoms with Crippen LogP contribution in [0.15, 0.2) is 24.3 Å². The molecule has 0 amide bonds. The van der Waals surface area contributed by atoms with Crippen molar-refractivity contribution >= 4 is 11.8 Å². The SMILES string of the molecule is CCCCCCCCC(Oc1ccc(C(=O)CCCCCCC)cc1)C(=O)[O-].[Na+]. The zero-order valence-corrected chi connectivity index (χ0v) is 20.7. The maximum absolute atomic E-state index is 12.2. The molecule has 158 valence electrons. The molecule has 0 aliphatic heterocycles. The average Bonchev–Trinajstić information content (AvgIpc) is 2.69. The van der Waals surface area contributed by atoms with Crippen LogP contribution in [0.25, 0.3) is 0 Å². The van der Waals surface area contributed by atoms with Crippen molar-refractivity contribution in [3.8, 4) is 5.75 Å². The molecule has 0 fully saturated rings. The fraction of sp³-hybridized carbons (Fsp3) is 0.667. The van der Waals surface area contributed by atoms with Crippen LogP contribution in [0.3, 0.4) is 0 Å². The van der Waals surface area contributed by atoms with Crippen LogP contribution in [0.1, 0.15) is 108 Å². The van der Waals surface area contributed by atoms with E-state index in [2.05, 4.69) is 13.8 Å². The number of hydrogen-bond donors (Lipinski definition) is 0. The van der Waals surface area contributed by atoms with Crippen LogP contribution in [0.5, 0.6) is 5.75 Å². The number of carbonyl (C=O) groups excluding carboxylic acids is 2. The van der Waals surface area contributed by atoms with Gasteiger partial charge in [0.15, 0.2) is 5.78 Å². The smallest absolute Gasteiger partial charge is 0.546 e. The Morgan fingerprint density at radius 1 is 0.828 bits per heavy atom. The largest absolute Gasteiger partial charge is 1.00 e. The standard InChI is InChI=1S/C24H38O4.Na/c1-3-5-7-9-11-13-15-23(24(26)27)28-21-18-16-20(17-19-21)22(25)14-12-10-8-6-4-2;/h16-19,23H,3-15H2,1-2H3,(H,26,27);/q;+1/p-1. The van der Waals surface area contributed by atoms with Crippen molar-refractivity contribution in [1.29, 1.82) is 0 Å². The molecule has 0 aliphatic carbocycles. The minimum Gasteiger partial charge on any atom is -0.546 e. The molecule has 0 saturated carbocycles. The van der Waals surface area contributed by atoms with Crippen molar-refractivity contribution in [1.82, 2.24) is 0 Å². The summed E-state index contributed by atoms with van der Waals surface area (Å²) < 4.78 is 5.59. The first kappa shape index (κ1) is 28.2. The van der Waals surface area contributed by atoms with Gasteiger partial charge >= 0.3 is 29.6 Å². The van der Waals surface area contributed by atoms with Crippen LogP contribution >= 0.6 is 0 Å². The van der Waals surface area contributed by atoms with E-state index < -0.39 is 12.1 Å². The second kappa shape index (κ2) is 18.0. The number of carbonyl (C=O) groups is 2. The molecule has 5 heteroatoms. The number of carboxylic acids is 1. The molecule has 0 saturated heterocycles. The predicted molar refractivity (Wildman–Crippen MR) is 112 cm³/mol.